The second kappa shape index (κ2) is 8.31. The van der Waals surface area contributed by atoms with Crippen molar-refractivity contribution in [3.63, 3.8) is 0 Å². The highest BCUT2D eigenvalue weighted by Crippen LogP contribution is 2.06. The van der Waals surface area contributed by atoms with Crippen molar-refractivity contribution in [1.82, 2.24) is 5.32 Å². The first kappa shape index (κ1) is 13.2. The summed E-state index contributed by atoms with van der Waals surface area (Å²) in [6.45, 7) is 7.90. The van der Waals surface area contributed by atoms with Gasteiger partial charge < -0.3 is 10.1 Å². The molecule has 0 aliphatic carbocycles. The molecule has 1 rings (SSSR count). The number of hydrogen-bond acceptors (Lipinski definition) is 2. The molecular weight excluding hydrogens is 198 g/mol. The zero-order valence-electron chi connectivity index (χ0n) is 10.5. The van der Waals surface area contributed by atoms with Crippen LogP contribution >= 0.6 is 0 Å². The van der Waals surface area contributed by atoms with Crippen molar-refractivity contribution >= 4 is 0 Å². The lowest BCUT2D eigenvalue weighted by Gasteiger charge is -2.05. The maximum Gasteiger partial charge on any atom is 0.0716 e. The van der Waals surface area contributed by atoms with Gasteiger partial charge in [0.15, 0.2) is 0 Å². The Labute approximate surface area is 99.0 Å². The molecule has 0 aliphatic rings. The van der Waals surface area contributed by atoms with Crippen LogP contribution in [-0.4, -0.2) is 19.7 Å². The Balaban J connectivity index is 2.27. The van der Waals surface area contributed by atoms with Crippen LogP contribution in [0, 0.1) is 0 Å². The maximum absolute atomic E-state index is 5.36. The van der Waals surface area contributed by atoms with Gasteiger partial charge in [0.2, 0.25) is 0 Å². The second-order valence-corrected chi connectivity index (χ2v) is 3.95. The van der Waals surface area contributed by atoms with E-state index in [0.717, 1.165) is 32.7 Å². The van der Waals surface area contributed by atoms with Gasteiger partial charge in [0.25, 0.3) is 0 Å². The van der Waals surface area contributed by atoms with E-state index in [-0.39, 0.29) is 0 Å². The summed E-state index contributed by atoms with van der Waals surface area (Å²) in [4.78, 5) is 0. The van der Waals surface area contributed by atoms with Gasteiger partial charge in [-0.05, 0) is 44.0 Å². The SMILES string of the molecule is CCCNCCc1ccc(COCC)cc1. The molecule has 0 saturated heterocycles. The summed E-state index contributed by atoms with van der Waals surface area (Å²) in [5, 5.41) is 3.41. The van der Waals surface area contributed by atoms with Gasteiger partial charge in [-0.3, -0.25) is 0 Å². The normalized spacial score (nSPS) is 10.6. The highest BCUT2D eigenvalue weighted by atomic mass is 16.5. The third-order valence-electron chi connectivity index (χ3n) is 2.51. The van der Waals surface area contributed by atoms with E-state index in [4.69, 9.17) is 4.74 Å². The van der Waals surface area contributed by atoms with E-state index < -0.39 is 0 Å². The lowest BCUT2D eigenvalue weighted by Crippen LogP contribution is -2.17. The summed E-state index contributed by atoms with van der Waals surface area (Å²) in [7, 11) is 0. The first-order chi connectivity index (χ1) is 7.86. The smallest absolute Gasteiger partial charge is 0.0716 e. The summed E-state index contributed by atoms with van der Waals surface area (Å²) < 4.78 is 5.36. The molecule has 0 atom stereocenters. The minimum atomic E-state index is 0.727. The lowest BCUT2D eigenvalue weighted by atomic mass is 10.1. The number of ether oxygens (including phenoxy) is 1. The first-order valence-electron chi connectivity index (χ1n) is 6.23. The predicted octanol–water partition coefficient (Wildman–Crippen LogP) is 2.77. The maximum atomic E-state index is 5.36. The zero-order chi connectivity index (χ0) is 11.6. The highest BCUT2D eigenvalue weighted by molar-refractivity contribution is 5.22. The van der Waals surface area contributed by atoms with E-state index in [1.807, 2.05) is 6.92 Å². The van der Waals surface area contributed by atoms with Crippen molar-refractivity contribution in [2.75, 3.05) is 19.7 Å². The van der Waals surface area contributed by atoms with Gasteiger partial charge in [-0.15, -0.1) is 0 Å². The van der Waals surface area contributed by atoms with Crippen molar-refractivity contribution in [3.05, 3.63) is 35.4 Å². The zero-order valence-corrected chi connectivity index (χ0v) is 10.5. The Morgan fingerprint density at radius 3 is 2.31 bits per heavy atom. The molecular formula is C14H23NO. The molecule has 1 aromatic rings. The van der Waals surface area contributed by atoms with Crippen LogP contribution in [0.25, 0.3) is 0 Å². The largest absolute Gasteiger partial charge is 0.377 e. The molecule has 0 spiro atoms. The molecule has 0 aliphatic heterocycles. The Bertz CT molecular complexity index is 269. The van der Waals surface area contributed by atoms with Crippen molar-refractivity contribution in [3.8, 4) is 0 Å². The molecule has 0 amide bonds. The number of nitrogens with one attached hydrogen (secondary N) is 1. The van der Waals surface area contributed by atoms with Gasteiger partial charge in [0.05, 0.1) is 6.61 Å². The molecule has 16 heavy (non-hydrogen) atoms. The standard InChI is InChI=1S/C14H23NO/c1-3-10-15-11-9-13-5-7-14(8-6-13)12-16-4-2/h5-8,15H,3-4,9-12H2,1-2H3. The molecule has 0 aromatic heterocycles. The van der Waals surface area contributed by atoms with Gasteiger partial charge in [-0.1, -0.05) is 31.2 Å². The molecule has 0 heterocycles. The molecule has 0 bridgehead atoms. The van der Waals surface area contributed by atoms with E-state index in [9.17, 15) is 0 Å². The Hall–Kier alpha value is -0.860. The number of rotatable bonds is 8. The third-order valence-corrected chi connectivity index (χ3v) is 2.51. The highest BCUT2D eigenvalue weighted by Gasteiger charge is 1.95. The fourth-order valence-electron chi connectivity index (χ4n) is 1.56. The van der Waals surface area contributed by atoms with E-state index in [0.29, 0.717) is 0 Å². The van der Waals surface area contributed by atoms with Gasteiger partial charge in [-0.2, -0.15) is 0 Å². The van der Waals surface area contributed by atoms with Crippen molar-refractivity contribution in [2.45, 2.75) is 33.3 Å². The van der Waals surface area contributed by atoms with E-state index in [1.54, 1.807) is 0 Å². The molecule has 2 nitrogen and oxygen atoms in total. The lowest BCUT2D eigenvalue weighted by molar-refractivity contribution is 0.134. The minimum Gasteiger partial charge on any atom is -0.377 e. The molecule has 2 heteroatoms. The van der Waals surface area contributed by atoms with Crippen LogP contribution in [0.1, 0.15) is 31.4 Å². The van der Waals surface area contributed by atoms with Crippen LogP contribution in [0.4, 0.5) is 0 Å². The third kappa shape index (κ3) is 5.29. The number of benzene rings is 1. The average Bonchev–Trinajstić information content (AvgIpc) is 2.33. The summed E-state index contributed by atoms with van der Waals surface area (Å²) in [5.41, 5.74) is 2.65. The first-order valence-corrected chi connectivity index (χ1v) is 6.23. The monoisotopic (exact) mass is 221 g/mol. The van der Waals surface area contributed by atoms with Crippen LogP contribution < -0.4 is 5.32 Å². The molecule has 0 unspecified atom stereocenters. The second-order valence-electron chi connectivity index (χ2n) is 3.95. The summed E-state index contributed by atoms with van der Waals surface area (Å²) in [5.74, 6) is 0. The van der Waals surface area contributed by atoms with Gasteiger partial charge in [0.1, 0.15) is 0 Å². The Morgan fingerprint density at radius 2 is 1.69 bits per heavy atom. The Morgan fingerprint density at radius 1 is 1.00 bits per heavy atom. The molecule has 0 fully saturated rings. The van der Waals surface area contributed by atoms with Crippen LogP contribution in [0.15, 0.2) is 24.3 Å². The summed E-state index contributed by atoms with van der Waals surface area (Å²) in [6.07, 6.45) is 2.31. The predicted molar refractivity (Wildman–Crippen MR) is 68.6 cm³/mol. The van der Waals surface area contributed by atoms with Crippen molar-refractivity contribution in [1.29, 1.82) is 0 Å². The molecule has 1 aromatic carbocycles. The van der Waals surface area contributed by atoms with Crippen LogP contribution in [-0.2, 0) is 17.8 Å². The topological polar surface area (TPSA) is 21.3 Å². The molecule has 1 N–H and O–H groups in total. The molecule has 90 valence electrons. The van der Waals surface area contributed by atoms with E-state index in [1.165, 1.54) is 17.5 Å². The molecule has 0 radical (unpaired) electrons. The van der Waals surface area contributed by atoms with Gasteiger partial charge >= 0.3 is 0 Å². The van der Waals surface area contributed by atoms with Gasteiger partial charge in [-0.25, -0.2) is 0 Å². The van der Waals surface area contributed by atoms with Crippen LogP contribution in [0.2, 0.25) is 0 Å². The average molecular weight is 221 g/mol. The summed E-state index contributed by atoms with van der Waals surface area (Å²) in [6, 6.07) is 8.71. The summed E-state index contributed by atoms with van der Waals surface area (Å²) >= 11 is 0. The van der Waals surface area contributed by atoms with Gasteiger partial charge in [0, 0.05) is 6.61 Å². The fraction of sp³-hybridized carbons (Fsp3) is 0.571. The van der Waals surface area contributed by atoms with Crippen LogP contribution in [0.3, 0.4) is 0 Å². The molecule has 0 saturated carbocycles. The van der Waals surface area contributed by atoms with Crippen molar-refractivity contribution < 1.29 is 4.74 Å². The number of hydrogen-bond donors (Lipinski definition) is 1. The quantitative estimate of drug-likeness (QED) is 0.682. The minimum absolute atomic E-state index is 0.727. The van der Waals surface area contributed by atoms with E-state index >= 15 is 0 Å². The fourth-order valence-corrected chi connectivity index (χ4v) is 1.56. The van der Waals surface area contributed by atoms with Crippen LogP contribution in [0.5, 0.6) is 0 Å². The van der Waals surface area contributed by atoms with Crippen molar-refractivity contribution in [2.24, 2.45) is 0 Å². The van der Waals surface area contributed by atoms with E-state index in [2.05, 4.69) is 36.5 Å². The Kier molecular flexibility index (Phi) is 6.86.